The minimum atomic E-state index is -0.0865. The van der Waals surface area contributed by atoms with Gasteiger partial charge in [-0.15, -0.1) is 0 Å². The topological polar surface area (TPSA) is 75.0 Å². The van der Waals surface area contributed by atoms with Crippen molar-refractivity contribution in [2.45, 2.75) is 51.5 Å². The average molecular weight is 250 g/mol. The van der Waals surface area contributed by atoms with E-state index >= 15 is 0 Å². The van der Waals surface area contributed by atoms with Crippen molar-refractivity contribution in [3.63, 3.8) is 0 Å². The highest BCUT2D eigenvalue weighted by molar-refractivity contribution is 5.97. The normalized spacial score (nSPS) is 16.6. The van der Waals surface area contributed by atoms with E-state index in [-0.39, 0.29) is 11.9 Å². The zero-order valence-corrected chi connectivity index (χ0v) is 11.4. The van der Waals surface area contributed by atoms with Crippen LogP contribution in [0.4, 0.5) is 5.69 Å². The van der Waals surface area contributed by atoms with Crippen molar-refractivity contribution >= 4 is 11.6 Å². The van der Waals surface area contributed by atoms with Gasteiger partial charge in [-0.05, 0) is 26.2 Å². The lowest BCUT2D eigenvalue weighted by atomic mass is 10.1. The van der Waals surface area contributed by atoms with E-state index in [1.807, 2.05) is 14.0 Å². The van der Waals surface area contributed by atoms with Crippen LogP contribution in [0.5, 0.6) is 0 Å². The van der Waals surface area contributed by atoms with Crippen molar-refractivity contribution in [2.75, 3.05) is 12.8 Å². The maximum Gasteiger partial charge on any atom is 0.276 e. The Balaban J connectivity index is 2.13. The summed E-state index contributed by atoms with van der Waals surface area (Å²) >= 11 is 0. The quantitative estimate of drug-likeness (QED) is 0.840. The van der Waals surface area contributed by atoms with E-state index in [9.17, 15) is 4.79 Å². The number of aromatic amines is 1. The van der Waals surface area contributed by atoms with Crippen molar-refractivity contribution in [3.8, 4) is 0 Å². The number of hydrogen-bond donors (Lipinski definition) is 2. The Morgan fingerprint density at radius 1 is 1.61 bits per heavy atom. The SMILES string of the molecule is CCCC(C)N(C)C(=O)c1n[nH]c(C2CC2)c1N. The lowest BCUT2D eigenvalue weighted by molar-refractivity contribution is 0.0732. The first-order chi connectivity index (χ1) is 8.56. The van der Waals surface area contributed by atoms with E-state index in [4.69, 9.17) is 5.73 Å². The van der Waals surface area contributed by atoms with Crippen LogP contribution in [0.1, 0.15) is 61.6 Å². The molecule has 0 spiro atoms. The molecule has 1 heterocycles. The van der Waals surface area contributed by atoms with E-state index in [0.717, 1.165) is 31.4 Å². The highest BCUT2D eigenvalue weighted by Crippen LogP contribution is 2.42. The molecule has 0 radical (unpaired) electrons. The molecule has 1 aliphatic rings. The second-order valence-corrected chi connectivity index (χ2v) is 5.23. The molecular formula is C13H22N4O. The van der Waals surface area contributed by atoms with Gasteiger partial charge >= 0.3 is 0 Å². The van der Waals surface area contributed by atoms with Gasteiger partial charge in [-0.25, -0.2) is 0 Å². The number of anilines is 1. The Bertz CT molecular complexity index is 436. The van der Waals surface area contributed by atoms with Gasteiger partial charge in [-0.1, -0.05) is 13.3 Å². The van der Waals surface area contributed by atoms with Crippen LogP contribution in [-0.2, 0) is 0 Å². The second-order valence-electron chi connectivity index (χ2n) is 5.23. The first kappa shape index (κ1) is 12.9. The molecule has 0 aliphatic heterocycles. The molecule has 0 saturated heterocycles. The molecule has 3 N–H and O–H groups in total. The smallest absolute Gasteiger partial charge is 0.276 e. The van der Waals surface area contributed by atoms with Gasteiger partial charge < -0.3 is 10.6 Å². The summed E-state index contributed by atoms with van der Waals surface area (Å²) < 4.78 is 0. The first-order valence-electron chi connectivity index (χ1n) is 6.67. The maximum absolute atomic E-state index is 12.3. The molecule has 1 amide bonds. The molecule has 1 aliphatic carbocycles. The molecule has 1 aromatic rings. The van der Waals surface area contributed by atoms with Crippen molar-refractivity contribution in [3.05, 3.63) is 11.4 Å². The van der Waals surface area contributed by atoms with Crippen molar-refractivity contribution in [2.24, 2.45) is 0 Å². The zero-order chi connectivity index (χ0) is 13.3. The number of carbonyl (C=O) groups is 1. The minimum absolute atomic E-state index is 0.0865. The van der Waals surface area contributed by atoms with Gasteiger partial charge in [-0.2, -0.15) is 5.10 Å². The Morgan fingerprint density at radius 2 is 2.28 bits per heavy atom. The number of nitrogen functional groups attached to an aromatic ring is 1. The number of carbonyl (C=O) groups excluding carboxylic acids is 1. The third-order valence-electron chi connectivity index (χ3n) is 3.71. The summed E-state index contributed by atoms with van der Waals surface area (Å²) in [4.78, 5) is 14.0. The van der Waals surface area contributed by atoms with Crippen molar-refractivity contribution in [1.29, 1.82) is 0 Å². The molecule has 1 atom stereocenters. The standard InChI is InChI=1S/C13H22N4O/c1-4-5-8(2)17(3)13(18)12-10(14)11(15-16-12)9-6-7-9/h8-9H,4-7,14H2,1-3H3,(H,15,16). The van der Waals surface area contributed by atoms with Crippen LogP contribution in [0.25, 0.3) is 0 Å². The summed E-state index contributed by atoms with van der Waals surface area (Å²) in [6, 6.07) is 0.211. The highest BCUT2D eigenvalue weighted by Gasteiger charge is 2.31. The molecule has 0 bridgehead atoms. The largest absolute Gasteiger partial charge is 0.395 e. The molecule has 5 nitrogen and oxygen atoms in total. The second kappa shape index (κ2) is 5.00. The van der Waals surface area contributed by atoms with Crippen LogP contribution in [0.2, 0.25) is 0 Å². The Labute approximate surface area is 108 Å². The molecule has 1 saturated carbocycles. The van der Waals surface area contributed by atoms with E-state index in [1.54, 1.807) is 4.90 Å². The lowest BCUT2D eigenvalue weighted by Gasteiger charge is -2.23. The predicted molar refractivity (Wildman–Crippen MR) is 71.4 cm³/mol. The van der Waals surface area contributed by atoms with Gasteiger partial charge in [-0.3, -0.25) is 9.89 Å². The molecule has 100 valence electrons. The van der Waals surface area contributed by atoms with Crippen LogP contribution in [-0.4, -0.2) is 34.1 Å². The number of nitrogens with one attached hydrogen (secondary N) is 1. The van der Waals surface area contributed by atoms with E-state index in [1.165, 1.54) is 0 Å². The number of rotatable bonds is 5. The van der Waals surface area contributed by atoms with Crippen LogP contribution in [0.3, 0.4) is 0 Å². The van der Waals surface area contributed by atoms with E-state index in [2.05, 4.69) is 17.1 Å². The summed E-state index contributed by atoms with van der Waals surface area (Å²) in [6.45, 7) is 4.16. The molecule has 1 unspecified atom stereocenters. The van der Waals surface area contributed by atoms with Gasteiger partial charge in [0.25, 0.3) is 5.91 Å². The molecule has 5 heteroatoms. The van der Waals surface area contributed by atoms with E-state index < -0.39 is 0 Å². The number of amides is 1. The van der Waals surface area contributed by atoms with Crippen molar-refractivity contribution in [1.82, 2.24) is 15.1 Å². The fourth-order valence-electron chi connectivity index (χ4n) is 2.19. The predicted octanol–water partition coefficient (Wildman–Crippen LogP) is 2.13. The van der Waals surface area contributed by atoms with Gasteiger partial charge in [0.2, 0.25) is 0 Å². The van der Waals surface area contributed by atoms with Crippen LogP contribution in [0.15, 0.2) is 0 Å². The molecule has 0 aromatic carbocycles. The summed E-state index contributed by atoms with van der Waals surface area (Å²) in [5.41, 5.74) is 7.87. The third kappa shape index (κ3) is 2.35. The van der Waals surface area contributed by atoms with Crippen LogP contribution >= 0.6 is 0 Å². The first-order valence-corrected chi connectivity index (χ1v) is 6.67. The molecule has 2 rings (SSSR count). The fourth-order valence-corrected chi connectivity index (χ4v) is 2.19. The van der Waals surface area contributed by atoms with E-state index in [0.29, 0.717) is 17.3 Å². The third-order valence-corrected chi connectivity index (χ3v) is 3.71. The Hall–Kier alpha value is -1.52. The Morgan fingerprint density at radius 3 is 2.83 bits per heavy atom. The molecule has 18 heavy (non-hydrogen) atoms. The number of nitrogens with two attached hydrogens (primary N) is 1. The average Bonchev–Trinajstić information content (AvgIpc) is 3.11. The Kier molecular flexibility index (Phi) is 3.59. The number of nitrogens with zero attached hydrogens (tertiary/aromatic N) is 2. The van der Waals surface area contributed by atoms with Crippen LogP contribution in [0, 0.1) is 0 Å². The number of H-pyrrole nitrogens is 1. The minimum Gasteiger partial charge on any atom is -0.395 e. The fraction of sp³-hybridized carbons (Fsp3) is 0.692. The molecule has 1 aromatic heterocycles. The van der Waals surface area contributed by atoms with Gasteiger partial charge in [0.05, 0.1) is 11.4 Å². The zero-order valence-electron chi connectivity index (χ0n) is 11.4. The molecular weight excluding hydrogens is 228 g/mol. The van der Waals surface area contributed by atoms with Gasteiger partial charge in [0.15, 0.2) is 5.69 Å². The highest BCUT2D eigenvalue weighted by atomic mass is 16.2. The summed E-state index contributed by atoms with van der Waals surface area (Å²) in [6.07, 6.45) is 4.33. The number of hydrogen-bond acceptors (Lipinski definition) is 3. The van der Waals surface area contributed by atoms with Crippen molar-refractivity contribution < 1.29 is 4.79 Å². The lowest BCUT2D eigenvalue weighted by Crippen LogP contribution is -2.35. The maximum atomic E-state index is 12.3. The van der Waals surface area contributed by atoms with Gasteiger partial charge in [0.1, 0.15) is 0 Å². The molecule has 1 fully saturated rings. The van der Waals surface area contributed by atoms with Crippen LogP contribution < -0.4 is 5.73 Å². The summed E-state index contributed by atoms with van der Waals surface area (Å²) in [7, 11) is 1.81. The summed E-state index contributed by atoms with van der Waals surface area (Å²) in [5.74, 6) is 0.397. The number of aromatic nitrogens is 2. The monoisotopic (exact) mass is 250 g/mol. The van der Waals surface area contributed by atoms with Gasteiger partial charge in [0, 0.05) is 19.0 Å². The summed E-state index contributed by atoms with van der Waals surface area (Å²) in [5, 5.41) is 7.02.